The third-order valence-corrected chi connectivity index (χ3v) is 5.73. The number of nitrogens with one attached hydrogen (secondary N) is 1. The predicted molar refractivity (Wildman–Crippen MR) is 111 cm³/mol. The van der Waals surface area contributed by atoms with Gasteiger partial charge in [0.25, 0.3) is 0 Å². The molecule has 1 unspecified atom stereocenters. The Morgan fingerprint density at radius 2 is 2.04 bits per heavy atom. The number of anilines is 1. The zero-order valence-electron chi connectivity index (χ0n) is 16.3. The number of fused-ring (bicyclic) bond motifs is 2. The van der Waals surface area contributed by atoms with Crippen LogP contribution in [0.25, 0.3) is 0 Å². The van der Waals surface area contributed by atoms with E-state index in [-0.39, 0.29) is 0 Å². The molecule has 2 aliphatic rings. The zero-order valence-corrected chi connectivity index (χ0v) is 16.3. The molecule has 5 heteroatoms. The number of hydrogen-bond donors (Lipinski definition) is 1. The van der Waals surface area contributed by atoms with Crippen molar-refractivity contribution in [1.82, 2.24) is 14.7 Å². The fraction of sp³-hybridized carbons (Fsp3) is 0.348. The predicted octanol–water partition coefficient (Wildman–Crippen LogP) is 3.86. The van der Waals surface area contributed by atoms with Crippen LogP contribution in [0.3, 0.4) is 0 Å². The first-order valence-corrected chi connectivity index (χ1v) is 10.1. The SMILES string of the molecule is CN1Cc2c(NCc3cc4n(n3)CCCO4)cccc2C(c2ccccc2)C1. The second-order valence-corrected chi connectivity index (χ2v) is 7.79. The molecular formula is C23H26N4O. The molecule has 1 N–H and O–H groups in total. The van der Waals surface area contributed by atoms with Crippen LogP contribution in [0.5, 0.6) is 5.88 Å². The maximum atomic E-state index is 5.69. The molecular weight excluding hydrogens is 348 g/mol. The lowest BCUT2D eigenvalue weighted by Crippen LogP contribution is -2.31. The first-order chi connectivity index (χ1) is 13.8. The third kappa shape index (κ3) is 3.27. The van der Waals surface area contributed by atoms with Crippen molar-refractivity contribution in [3.05, 3.63) is 77.0 Å². The van der Waals surface area contributed by atoms with Gasteiger partial charge in [0.05, 0.1) is 18.8 Å². The van der Waals surface area contributed by atoms with E-state index in [4.69, 9.17) is 4.74 Å². The lowest BCUT2D eigenvalue weighted by atomic mass is 9.84. The average molecular weight is 374 g/mol. The summed E-state index contributed by atoms with van der Waals surface area (Å²) in [5.74, 6) is 1.30. The first-order valence-electron chi connectivity index (χ1n) is 10.1. The molecule has 0 fully saturated rings. The Bertz CT molecular complexity index is 942. The van der Waals surface area contributed by atoms with Gasteiger partial charge in [-0.15, -0.1) is 0 Å². The zero-order chi connectivity index (χ0) is 18.9. The molecule has 3 heterocycles. The van der Waals surface area contributed by atoms with Crippen molar-refractivity contribution in [1.29, 1.82) is 0 Å². The molecule has 28 heavy (non-hydrogen) atoms. The maximum Gasteiger partial charge on any atom is 0.212 e. The van der Waals surface area contributed by atoms with Crippen molar-refractivity contribution >= 4 is 5.69 Å². The van der Waals surface area contributed by atoms with Gasteiger partial charge in [0.1, 0.15) is 0 Å². The van der Waals surface area contributed by atoms with Crippen molar-refractivity contribution in [2.75, 3.05) is 25.5 Å². The lowest BCUT2D eigenvalue weighted by molar-refractivity contribution is 0.230. The number of rotatable bonds is 4. The highest BCUT2D eigenvalue weighted by molar-refractivity contribution is 5.58. The van der Waals surface area contributed by atoms with Gasteiger partial charge >= 0.3 is 0 Å². The summed E-state index contributed by atoms with van der Waals surface area (Å²) in [6.45, 7) is 4.45. The molecule has 0 amide bonds. The Balaban J connectivity index is 1.41. The molecule has 1 atom stereocenters. The molecule has 2 aliphatic heterocycles. The van der Waals surface area contributed by atoms with E-state index in [0.29, 0.717) is 12.5 Å². The van der Waals surface area contributed by atoms with Crippen molar-refractivity contribution in [3.8, 4) is 5.88 Å². The molecule has 3 aromatic rings. The number of aryl methyl sites for hydroxylation is 1. The van der Waals surface area contributed by atoms with Crippen LogP contribution in [0.1, 0.15) is 34.7 Å². The Morgan fingerprint density at radius 1 is 1.14 bits per heavy atom. The van der Waals surface area contributed by atoms with Gasteiger partial charge in [-0.1, -0.05) is 42.5 Å². The molecule has 0 aliphatic carbocycles. The van der Waals surface area contributed by atoms with Crippen LogP contribution in [-0.2, 0) is 19.6 Å². The van der Waals surface area contributed by atoms with Gasteiger partial charge in [0.15, 0.2) is 0 Å². The van der Waals surface area contributed by atoms with E-state index < -0.39 is 0 Å². The van der Waals surface area contributed by atoms with Crippen LogP contribution < -0.4 is 10.1 Å². The van der Waals surface area contributed by atoms with Gasteiger partial charge < -0.3 is 15.0 Å². The van der Waals surface area contributed by atoms with Crippen molar-refractivity contribution in [3.63, 3.8) is 0 Å². The molecule has 0 saturated carbocycles. The van der Waals surface area contributed by atoms with Crippen LogP contribution in [0, 0.1) is 0 Å². The second kappa shape index (κ2) is 7.32. The summed E-state index contributed by atoms with van der Waals surface area (Å²) in [6.07, 6.45) is 1.03. The van der Waals surface area contributed by atoms with Gasteiger partial charge in [-0.25, -0.2) is 4.68 Å². The minimum atomic E-state index is 0.407. The molecule has 0 spiro atoms. The summed E-state index contributed by atoms with van der Waals surface area (Å²) in [5.41, 5.74) is 6.44. The summed E-state index contributed by atoms with van der Waals surface area (Å²) >= 11 is 0. The number of aromatic nitrogens is 2. The molecule has 2 aromatic carbocycles. The van der Waals surface area contributed by atoms with Crippen molar-refractivity contribution in [2.24, 2.45) is 0 Å². The number of likely N-dealkylation sites (N-methyl/N-ethyl adjacent to an activating group) is 1. The Morgan fingerprint density at radius 3 is 2.89 bits per heavy atom. The minimum absolute atomic E-state index is 0.407. The third-order valence-electron chi connectivity index (χ3n) is 5.73. The highest BCUT2D eigenvalue weighted by Gasteiger charge is 2.26. The van der Waals surface area contributed by atoms with E-state index in [2.05, 4.69) is 77.0 Å². The van der Waals surface area contributed by atoms with Gasteiger partial charge in [0, 0.05) is 43.7 Å². The summed E-state index contributed by atoms with van der Waals surface area (Å²) < 4.78 is 7.66. The van der Waals surface area contributed by atoms with Crippen LogP contribution in [0.15, 0.2) is 54.6 Å². The monoisotopic (exact) mass is 374 g/mol. The number of hydrogen-bond acceptors (Lipinski definition) is 4. The maximum absolute atomic E-state index is 5.69. The van der Waals surface area contributed by atoms with Crippen LogP contribution >= 0.6 is 0 Å². The molecule has 0 saturated heterocycles. The van der Waals surface area contributed by atoms with Crippen LogP contribution in [-0.4, -0.2) is 34.9 Å². The lowest BCUT2D eigenvalue weighted by Gasteiger charge is -2.34. The number of ether oxygens (including phenoxy) is 1. The quantitative estimate of drug-likeness (QED) is 0.753. The van der Waals surface area contributed by atoms with E-state index in [1.54, 1.807) is 0 Å². The van der Waals surface area contributed by atoms with Gasteiger partial charge in [-0.2, -0.15) is 5.10 Å². The topological polar surface area (TPSA) is 42.3 Å². The van der Waals surface area contributed by atoms with Gasteiger partial charge in [-0.3, -0.25) is 0 Å². The first kappa shape index (κ1) is 17.3. The molecule has 5 rings (SSSR count). The Hall–Kier alpha value is -2.79. The molecule has 5 nitrogen and oxygen atoms in total. The van der Waals surface area contributed by atoms with E-state index in [1.807, 2.05) is 4.68 Å². The van der Waals surface area contributed by atoms with E-state index in [1.165, 1.54) is 22.4 Å². The Kier molecular flexibility index (Phi) is 4.53. The van der Waals surface area contributed by atoms with Gasteiger partial charge in [-0.05, 0) is 29.8 Å². The van der Waals surface area contributed by atoms with E-state index in [9.17, 15) is 0 Å². The number of nitrogens with zero attached hydrogens (tertiary/aromatic N) is 3. The molecule has 1 aromatic heterocycles. The molecule has 144 valence electrons. The van der Waals surface area contributed by atoms with Crippen molar-refractivity contribution < 1.29 is 4.74 Å². The fourth-order valence-corrected chi connectivity index (χ4v) is 4.38. The Labute approximate surface area is 165 Å². The normalized spacial score (nSPS) is 18.8. The smallest absolute Gasteiger partial charge is 0.212 e. The minimum Gasteiger partial charge on any atom is -0.478 e. The summed E-state index contributed by atoms with van der Waals surface area (Å²) in [5, 5.41) is 8.31. The fourth-order valence-electron chi connectivity index (χ4n) is 4.38. The second-order valence-electron chi connectivity index (χ2n) is 7.79. The van der Waals surface area contributed by atoms with Crippen LogP contribution in [0.4, 0.5) is 5.69 Å². The van der Waals surface area contributed by atoms with Crippen molar-refractivity contribution in [2.45, 2.75) is 32.0 Å². The van der Waals surface area contributed by atoms with E-state index in [0.717, 1.165) is 44.2 Å². The van der Waals surface area contributed by atoms with E-state index >= 15 is 0 Å². The average Bonchev–Trinajstić information content (AvgIpc) is 3.15. The van der Waals surface area contributed by atoms with Crippen LogP contribution in [0.2, 0.25) is 0 Å². The molecule has 0 bridgehead atoms. The largest absolute Gasteiger partial charge is 0.478 e. The highest BCUT2D eigenvalue weighted by Crippen LogP contribution is 2.36. The summed E-state index contributed by atoms with van der Waals surface area (Å²) in [7, 11) is 2.20. The highest BCUT2D eigenvalue weighted by atomic mass is 16.5. The summed E-state index contributed by atoms with van der Waals surface area (Å²) in [4.78, 5) is 2.41. The summed E-state index contributed by atoms with van der Waals surface area (Å²) in [6, 6.07) is 19.5. The van der Waals surface area contributed by atoms with Gasteiger partial charge in [0.2, 0.25) is 5.88 Å². The number of benzene rings is 2. The molecule has 0 radical (unpaired) electrons. The standard InChI is InChI=1S/C23H26N4O/c1-26-15-20(17-7-3-2-4-8-17)19-9-5-10-22(21(19)16-26)24-14-18-13-23-27(25-18)11-6-12-28-23/h2-5,7-10,13,20,24H,6,11-12,14-16H2,1H3.